The Balaban J connectivity index is 2.50. The standard InChI is InChI=1S/C16H19ClN2O3S/c1-3-5-9-13(20)18-16-19(10-14(21)22-4-2)15-11(17)7-6-8-12(15)23-16/h6-8H,3-5,9-10H2,1-2H3. The Morgan fingerprint density at radius 2 is 2.13 bits per heavy atom. The van der Waals surface area contributed by atoms with Gasteiger partial charge in [0.05, 0.1) is 21.8 Å². The van der Waals surface area contributed by atoms with Crippen LogP contribution in [0.25, 0.3) is 10.2 Å². The number of halogens is 1. The highest BCUT2D eigenvalue weighted by molar-refractivity contribution is 7.16. The molecular formula is C16H19ClN2O3S. The van der Waals surface area contributed by atoms with Crippen LogP contribution in [0.3, 0.4) is 0 Å². The SMILES string of the molecule is CCCCC(=O)N=c1sc2cccc(Cl)c2n1CC(=O)OCC. The summed E-state index contributed by atoms with van der Waals surface area (Å²) >= 11 is 7.61. The maximum atomic E-state index is 12.0. The third kappa shape index (κ3) is 4.42. The maximum absolute atomic E-state index is 12.0. The van der Waals surface area contributed by atoms with Crippen LogP contribution >= 0.6 is 22.9 Å². The summed E-state index contributed by atoms with van der Waals surface area (Å²) in [7, 11) is 0. The van der Waals surface area contributed by atoms with Gasteiger partial charge in [0.2, 0.25) is 5.91 Å². The van der Waals surface area contributed by atoms with Gasteiger partial charge in [0.15, 0.2) is 4.80 Å². The van der Waals surface area contributed by atoms with E-state index in [1.807, 2.05) is 19.1 Å². The van der Waals surface area contributed by atoms with Gasteiger partial charge < -0.3 is 9.30 Å². The number of rotatable bonds is 6. The van der Waals surface area contributed by atoms with E-state index in [1.54, 1.807) is 17.6 Å². The van der Waals surface area contributed by atoms with Crippen molar-refractivity contribution in [1.82, 2.24) is 4.57 Å². The Kier molecular flexibility index (Phi) is 6.36. The van der Waals surface area contributed by atoms with Gasteiger partial charge in [-0.15, -0.1) is 0 Å². The molecule has 1 aromatic carbocycles. The summed E-state index contributed by atoms with van der Waals surface area (Å²) in [6.45, 7) is 4.06. The summed E-state index contributed by atoms with van der Waals surface area (Å²) in [5, 5.41) is 0.519. The molecule has 7 heteroatoms. The first-order valence-corrected chi connectivity index (χ1v) is 8.77. The van der Waals surface area contributed by atoms with Crippen molar-refractivity contribution in [3.8, 4) is 0 Å². The van der Waals surface area contributed by atoms with Crippen molar-refractivity contribution in [2.45, 2.75) is 39.7 Å². The summed E-state index contributed by atoms with van der Waals surface area (Å²) in [6, 6.07) is 5.47. The van der Waals surface area contributed by atoms with Crippen molar-refractivity contribution in [1.29, 1.82) is 0 Å². The smallest absolute Gasteiger partial charge is 0.326 e. The summed E-state index contributed by atoms with van der Waals surface area (Å²) in [4.78, 5) is 28.5. The molecule has 0 saturated carbocycles. The molecule has 2 rings (SSSR count). The minimum atomic E-state index is -0.380. The van der Waals surface area contributed by atoms with Crippen LogP contribution in [0.1, 0.15) is 33.1 Å². The lowest BCUT2D eigenvalue weighted by atomic mass is 10.2. The molecule has 0 bridgehead atoms. The lowest BCUT2D eigenvalue weighted by Gasteiger charge is -2.06. The van der Waals surface area contributed by atoms with Gasteiger partial charge in [-0.1, -0.05) is 42.3 Å². The minimum absolute atomic E-state index is 0.0164. The number of carbonyl (C=O) groups excluding carboxylic acids is 2. The fourth-order valence-electron chi connectivity index (χ4n) is 2.15. The average molecular weight is 355 g/mol. The zero-order valence-corrected chi connectivity index (χ0v) is 14.7. The molecule has 0 spiro atoms. The molecule has 0 radical (unpaired) electrons. The zero-order valence-electron chi connectivity index (χ0n) is 13.2. The van der Waals surface area contributed by atoms with Crippen molar-refractivity contribution >= 4 is 45.0 Å². The highest BCUT2D eigenvalue weighted by Crippen LogP contribution is 2.25. The molecular weight excluding hydrogens is 336 g/mol. The molecule has 0 aliphatic heterocycles. The Hall–Kier alpha value is -1.66. The molecule has 5 nitrogen and oxygen atoms in total. The first-order chi connectivity index (χ1) is 11.1. The molecule has 23 heavy (non-hydrogen) atoms. The molecule has 0 saturated heterocycles. The largest absolute Gasteiger partial charge is 0.465 e. The highest BCUT2D eigenvalue weighted by Gasteiger charge is 2.14. The highest BCUT2D eigenvalue weighted by atomic mass is 35.5. The molecule has 1 heterocycles. The van der Waals surface area contributed by atoms with Crippen LogP contribution in [0, 0.1) is 0 Å². The first-order valence-electron chi connectivity index (χ1n) is 7.57. The van der Waals surface area contributed by atoms with E-state index in [-0.39, 0.29) is 18.4 Å². The van der Waals surface area contributed by atoms with Crippen molar-refractivity contribution < 1.29 is 14.3 Å². The van der Waals surface area contributed by atoms with Crippen molar-refractivity contribution in [3.63, 3.8) is 0 Å². The number of ether oxygens (including phenoxy) is 1. The van der Waals surface area contributed by atoms with Crippen LogP contribution in [0.2, 0.25) is 5.02 Å². The zero-order chi connectivity index (χ0) is 16.8. The quantitative estimate of drug-likeness (QED) is 0.745. The van der Waals surface area contributed by atoms with Crippen molar-refractivity contribution in [2.75, 3.05) is 6.61 Å². The second-order valence-corrected chi connectivity index (χ2v) is 6.39. The summed E-state index contributed by atoms with van der Waals surface area (Å²) in [6.07, 6.45) is 2.13. The van der Waals surface area contributed by atoms with E-state index in [0.29, 0.717) is 28.4 Å². The molecule has 124 valence electrons. The van der Waals surface area contributed by atoms with Crippen LogP contribution < -0.4 is 4.80 Å². The number of unbranched alkanes of at least 4 members (excludes halogenated alkanes) is 1. The number of amides is 1. The van der Waals surface area contributed by atoms with Gasteiger partial charge in [0.25, 0.3) is 0 Å². The maximum Gasteiger partial charge on any atom is 0.326 e. The predicted molar refractivity (Wildman–Crippen MR) is 91.6 cm³/mol. The van der Waals surface area contributed by atoms with Gasteiger partial charge in [0, 0.05) is 6.42 Å². The minimum Gasteiger partial charge on any atom is -0.465 e. The number of esters is 1. The van der Waals surface area contributed by atoms with Crippen LogP contribution in [-0.2, 0) is 20.9 Å². The van der Waals surface area contributed by atoms with Gasteiger partial charge in [-0.2, -0.15) is 4.99 Å². The normalized spacial score (nSPS) is 11.9. The Morgan fingerprint density at radius 3 is 2.83 bits per heavy atom. The number of carbonyl (C=O) groups is 2. The Bertz CT molecular complexity index is 779. The molecule has 2 aromatic rings. The van der Waals surface area contributed by atoms with Crippen LogP contribution in [0.4, 0.5) is 0 Å². The first kappa shape index (κ1) is 17.7. The van der Waals surface area contributed by atoms with E-state index < -0.39 is 0 Å². The van der Waals surface area contributed by atoms with Crippen molar-refractivity contribution in [3.05, 3.63) is 28.0 Å². The van der Waals surface area contributed by atoms with E-state index >= 15 is 0 Å². The Morgan fingerprint density at radius 1 is 1.35 bits per heavy atom. The van der Waals surface area contributed by atoms with E-state index in [4.69, 9.17) is 16.3 Å². The van der Waals surface area contributed by atoms with Crippen LogP contribution in [-0.4, -0.2) is 23.1 Å². The fraction of sp³-hybridized carbons (Fsp3) is 0.438. The van der Waals surface area contributed by atoms with Crippen LogP contribution in [0.15, 0.2) is 23.2 Å². The summed E-state index contributed by atoms with van der Waals surface area (Å²) in [5.41, 5.74) is 0.703. The number of hydrogen-bond donors (Lipinski definition) is 0. The van der Waals surface area contributed by atoms with Crippen molar-refractivity contribution in [2.24, 2.45) is 4.99 Å². The topological polar surface area (TPSA) is 60.7 Å². The van der Waals surface area contributed by atoms with Gasteiger partial charge in [-0.3, -0.25) is 9.59 Å². The number of nitrogens with zero attached hydrogens (tertiary/aromatic N) is 2. The molecule has 1 aromatic heterocycles. The number of thiazole rings is 1. The molecule has 0 N–H and O–H groups in total. The van der Waals surface area contributed by atoms with Gasteiger partial charge in [0.1, 0.15) is 6.54 Å². The molecule has 0 unspecified atom stereocenters. The number of benzene rings is 1. The fourth-order valence-corrected chi connectivity index (χ4v) is 3.55. The number of para-hydroxylation sites is 1. The predicted octanol–water partition coefficient (Wildman–Crippen LogP) is 3.54. The number of fused-ring (bicyclic) bond motifs is 1. The molecule has 0 aliphatic carbocycles. The summed E-state index contributed by atoms with van der Waals surface area (Å²) < 4.78 is 7.54. The number of aromatic nitrogens is 1. The second-order valence-electron chi connectivity index (χ2n) is 4.97. The molecule has 1 amide bonds. The van der Waals surface area contributed by atoms with E-state index in [0.717, 1.165) is 17.5 Å². The van der Waals surface area contributed by atoms with Crippen LogP contribution in [0.5, 0.6) is 0 Å². The summed E-state index contributed by atoms with van der Waals surface area (Å²) in [5.74, 6) is -0.568. The lowest BCUT2D eigenvalue weighted by Crippen LogP contribution is -2.23. The van der Waals surface area contributed by atoms with Gasteiger partial charge >= 0.3 is 5.97 Å². The third-order valence-corrected chi connectivity index (χ3v) is 4.56. The average Bonchev–Trinajstić information content (AvgIpc) is 2.84. The lowest BCUT2D eigenvalue weighted by molar-refractivity contribution is -0.143. The second kappa shape index (κ2) is 8.26. The van der Waals surface area contributed by atoms with E-state index in [9.17, 15) is 9.59 Å². The molecule has 0 atom stereocenters. The number of hydrogen-bond acceptors (Lipinski definition) is 4. The third-order valence-electron chi connectivity index (χ3n) is 3.21. The van der Waals surface area contributed by atoms with E-state index in [1.165, 1.54) is 11.3 Å². The van der Waals surface area contributed by atoms with Gasteiger partial charge in [-0.25, -0.2) is 0 Å². The monoisotopic (exact) mass is 354 g/mol. The molecule has 0 aliphatic rings. The van der Waals surface area contributed by atoms with E-state index in [2.05, 4.69) is 4.99 Å². The van der Waals surface area contributed by atoms with Gasteiger partial charge in [-0.05, 0) is 25.5 Å². The molecule has 0 fully saturated rings. The Labute approximate surface area is 143 Å².